The Kier molecular flexibility index (Phi) is 6.72. The molecule has 2 aromatic rings. The highest BCUT2D eigenvalue weighted by Crippen LogP contribution is 2.23. The Hall–Kier alpha value is -2.89. The van der Waals surface area contributed by atoms with E-state index in [-0.39, 0.29) is 24.8 Å². The lowest BCUT2D eigenvalue weighted by Gasteiger charge is -2.16. The summed E-state index contributed by atoms with van der Waals surface area (Å²) in [7, 11) is 1.58. The monoisotopic (exact) mass is 359 g/mol. The van der Waals surface area contributed by atoms with Crippen molar-refractivity contribution < 1.29 is 23.8 Å². The average Bonchev–Trinajstić information content (AvgIpc) is 2.63. The largest absolute Gasteiger partial charge is 0.497 e. The topological polar surface area (TPSA) is 75.6 Å². The van der Waals surface area contributed by atoms with Crippen molar-refractivity contribution in [1.29, 1.82) is 0 Å². The first kappa shape index (κ1) is 19.4. The first-order chi connectivity index (χ1) is 12.4. The third-order valence-electron chi connectivity index (χ3n) is 4.23. The molecule has 0 saturated heterocycles. The second-order valence-electron chi connectivity index (χ2n) is 6.13. The second kappa shape index (κ2) is 8.99. The number of halogens is 1. The number of benzene rings is 2. The lowest BCUT2D eigenvalue weighted by Crippen LogP contribution is -2.32. The van der Waals surface area contributed by atoms with Gasteiger partial charge in [0.1, 0.15) is 11.6 Å². The minimum atomic E-state index is -1.07. The van der Waals surface area contributed by atoms with Crippen molar-refractivity contribution in [3.05, 3.63) is 65.5 Å². The third-order valence-corrected chi connectivity index (χ3v) is 4.23. The molecular formula is C20H22FNO4. The molecule has 1 amide bonds. The SMILES string of the molecule is COc1cccc(C(C)CC(=O)NCC(C(=O)O)c2ccc(F)cc2)c1. The Morgan fingerprint density at radius 2 is 1.85 bits per heavy atom. The highest BCUT2D eigenvalue weighted by molar-refractivity contribution is 5.80. The summed E-state index contributed by atoms with van der Waals surface area (Å²) in [5, 5.41) is 12.0. The molecule has 2 atom stereocenters. The fourth-order valence-electron chi connectivity index (χ4n) is 2.67. The Morgan fingerprint density at radius 1 is 1.15 bits per heavy atom. The van der Waals surface area contributed by atoms with Gasteiger partial charge in [-0.25, -0.2) is 4.39 Å². The number of nitrogens with one attached hydrogen (secondary N) is 1. The van der Waals surface area contributed by atoms with Gasteiger partial charge in [0.25, 0.3) is 0 Å². The van der Waals surface area contributed by atoms with Crippen molar-refractivity contribution in [3.63, 3.8) is 0 Å². The fourth-order valence-corrected chi connectivity index (χ4v) is 2.67. The number of carbonyl (C=O) groups excluding carboxylic acids is 1. The molecule has 0 bridgehead atoms. The van der Waals surface area contributed by atoms with E-state index in [1.807, 2.05) is 31.2 Å². The first-order valence-electron chi connectivity index (χ1n) is 8.29. The molecule has 26 heavy (non-hydrogen) atoms. The van der Waals surface area contributed by atoms with E-state index in [0.717, 1.165) is 11.3 Å². The Bertz CT molecular complexity index is 761. The zero-order valence-corrected chi connectivity index (χ0v) is 14.7. The molecule has 0 saturated carbocycles. The van der Waals surface area contributed by atoms with Gasteiger partial charge in [0.05, 0.1) is 13.0 Å². The predicted octanol–water partition coefficient (Wildman–Crippen LogP) is 3.31. The maximum Gasteiger partial charge on any atom is 0.312 e. The zero-order valence-electron chi connectivity index (χ0n) is 14.7. The van der Waals surface area contributed by atoms with Crippen molar-refractivity contribution in [1.82, 2.24) is 5.32 Å². The van der Waals surface area contributed by atoms with E-state index in [1.165, 1.54) is 24.3 Å². The molecule has 2 rings (SSSR count). The molecule has 0 heterocycles. The molecule has 0 aliphatic heterocycles. The summed E-state index contributed by atoms with van der Waals surface area (Å²) >= 11 is 0. The van der Waals surface area contributed by atoms with Crippen molar-refractivity contribution >= 4 is 11.9 Å². The number of carboxylic acids is 1. The Balaban J connectivity index is 1.95. The first-order valence-corrected chi connectivity index (χ1v) is 8.29. The van der Waals surface area contributed by atoms with E-state index in [9.17, 15) is 19.1 Å². The van der Waals surface area contributed by atoms with E-state index in [2.05, 4.69) is 5.32 Å². The van der Waals surface area contributed by atoms with Crippen LogP contribution in [-0.4, -0.2) is 30.6 Å². The van der Waals surface area contributed by atoms with Crippen LogP contribution in [0.1, 0.15) is 36.3 Å². The summed E-state index contributed by atoms with van der Waals surface area (Å²) in [5.74, 6) is -2.00. The standard InChI is InChI=1S/C20H22FNO4/c1-13(15-4-3-5-17(11-15)26-2)10-19(23)22-12-18(20(24)25)14-6-8-16(21)9-7-14/h3-9,11,13,18H,10,12H2,1-2H3,(H,22,23)(H,24,25). The normalized spacial score (nSPS) is 12.9. The van der Waals surface area contributed by atoms with Crippen LogP contribution in [0.3, 0.4) is 0 Å². The number of rotatable bonds is 8. The summed E-state index contributed by atoms with van der Waals surface area (Å²) in [6, 6.07) is 12.7. The van der Waals surface area contributed by atoms with Crippen molar-refractivity contribution in [2.24, 2.45) is 0 Å². The minimum Gasteiger partial charge on any atom is -0.497 e. The van der Waals surface area contributed by atoms with E-state index >= 15 is 0 Å². The number of ether oxygens (including phenoxy) is 1. The number of hydrogen-bond donors (Lipinski definition) is 2. The average molecular weight is 359 g/mol. The molecule has 2 N–H and O–H groups in total. The summed E-state index contributed by atoms with van der Waals surface area (Å²) in [4.78, 5) is 23.7. The lowest BCUT2D eigenvalue weighted by molar-refractivity contribution is -0.138. The zero-order chi connectivity index (χ0) is 19.1. The van der Waals surface area contributed by atoms with Crippen LogP contribution in [0, 0.1) is 5.82 Å². The molecule has 2 unspecified atom stereocenters. The van der Waals surface area contributed by atoms with Crippen molar-refractivity contribution in [3.8, 4) is 5.75 Å². The molecule has 0 spiro atoms. The van der Waals surface area contributed by atoms with Gasteiger partial charge in [0.2, 0.25) is 5.91 Å². The second-order valence-corrected chi connectivity index (χ2v) is 6.13. The minimum absolute atomic E-state index is 0.0424. The molecular weight excluding hydrogens is 337 g/mol. The van der Waals surface area contributed by atoms with Gasteiger partial charge in [0.15, 0.2) is 0 Å². The molecule has 0 radical (unpaired) electrons. The number of amides is 1. The van der Waals surface area contributed by atoms with Crippen LogP contribution < -0.4 is 10.1 Å². The van der Waals surface area contributed by atoms with Gasteiger partial charge >= 0.3 is 5.97 Å². The number of carboxylic acid groups (broad SMARTS) is 1. The van der Waals surface area contributed by atoms with Gasteiger partial charge in [-0.2, -0.15) is 0 Å². The van der Waals surface area contributed by atoms with Gasteiger partial charge in [-0.15, -0.1) is 0 Å². The third kappa shape index (κ3) is 5.31. The molecule has 0 aromatic heterocycles. The summed E-state index contributed by atoms with van der Waals surface area (Å²) in [5.41, 5.74) is 1.41. The van der Waals surface area contributed by atoms with Gasteiger partial charge < -0.3 is 15.2 Å². The highest BCUT2D eigenvalue weighted by Gasteiger charge is 2.21. The summed E-state index contributed by atoms with van der Waals surface area (Å²) in [6.07, 6.45) is 0.225. The maximum absolute atomic E-state index is 13.0. The number of hydrogen-bond acceptors (Lipinski definition) is 3. The van der Waals surface area contributed by atoms with Crippen LogP contribution in [0.5, 0.6) is 5.75 Å². The van der Waals surface area contributed by atoms with E-state index in [0.29, 0.717) is 5.56 Å². The van der Waals surface area contributed by atoms with Crippen LogP contribution in [-0.2, 0) is 9.59 Å². The molecule has 6 heteroatoms. The Labute approximate surface area is 151 Å². The van der Waals surface area contributed by atoms with Gasteiger partial charge in [-0.05, 0) is 41.3 Å². The van der Waals surface area contributed by atoms with Crippen LogP contribution >= 0.6 is 0 Å². The molecule has 5 nitrogen and oxygen atoms in total. The van der Waals surface area contributed by atoms with Gasteiger partial charge in [0, 0.05) is 13.0 Å². The fraction of sp³-hybridized carbons (Fsp3) is 0.300. The van der Waals surface area contributed by atoms with Crippen LogP contribution in [0.25, 0.3) is 0 Å². The highest BCUT2D eigenvalue weighted by atomic mass is 19.1. The van der Waals surface area contributed by atoms with Crippen molar-refractivity contribution in [2.75, 3.05) is 13.7 Å². The van der Waals surface area contributed by atoms with E-state index < -0.39 is 17.7 Å². The molecule has 0 fully saturated rings. The number of aliphatic carboxylic acids is 1. The molecule has 0 aliphatic carbocycles. The lowest BCUT2D eigenvalue weighted by atomic mass is 9.96. The van der Waals surface area contributed by atoms with E-state index in [4.69, 9.17) is 4.74 Å². The Morgan fingerprint density at radius 3 is 2.46 bits per heavy atom. The van der Waals surface area contributed by atoms with Gasteiger partial charge in [-0.1, -0.05) is 31.2 Å². The summed E-state index contributed by atoms with van der Waals surface area (Å²) in [6.45, 7) is 1.87. The maximum atomic E-state index is 13.0. The van der Waals surface area contributed by atoms with Gasteiger partial charge in [-0.3, -0.25) is 9.59 Å². The molecule has 138 valence electrons. The van der Waals surface area contributed by atoms with Crippen LogP contribution in [0.2, 0.25) is 0 Å². The quantitative estimate of drug-likeness (QED) is 0.758. The van der Waals surface area contributed by atoms with Crippen LogP contribution in [0.15, 0.2) is 48.5 Å². The van der Waals surface area contributed by atoms with Crippen molar-refractivity contribution in [2.45, 2.75) is 25.2 Å². The van der Waals surface area contributed by atoms with E-state index in [1.54, 1.807) is 7.11 Å². The smallest absolute Gasteiger partial charge is 0.312 e. The number of methoxy groups -OCH3 is 1. The molecule has 0 aliphatic rings. The number of carbonyl (C=O) groups is 2. The van der Waals surface area contributed by atoms with Crippen LogP contribution in [0.4, 0.5) is 4.39 Å². The summed E-state index contributed by atoms with van der Waals surface area (Å²) < 4.78 is 18.2. The predicted molar refractivity (Wildman–Crippen MR) is 95.8 cm³/mol. The molecule has 2 aromatic carbocycles.